The first-order valence-corrected chi connectivity index (χ1v) is 7.87. The molecular formula is C16H16N2O3S. The Morgan fingerprint density at radius 2 is 2.00 bits per heavy atom. The molecule has 2 atom stereocenters. The Morgan fingerprint density at radius 1 is 1.27 bits per heavy atom. The fraction of sp³-hybridized carbons (Fsp3) is 0.312. The standard InChI is InChI=1S/C16H16N2O3S/c1-10-17-7-14(22-10)15(19)18-8-12(13(9-18)16(20)21)11-5-3-2-4-6-11/h2-7,12-13H,8-9H2,1H3,(H,20,21). The van der Waals surface area contributed by atoms with Crippen LogP contribution >= 0.6 is 11.3 Å². The number of nitrogens with zero attached hydrogens (tertiary/aromatic N) is 2. The Balaban J connectivity index is 1.84. The predicted octanol–water partition coefficient (Wildman–Crippen LogP) is 2.39. The fourth-order valence-electron chi connectivity index (χ4n) is 2.87. The highest BCUT2D eigenvalue weighted by molar-refractivity contribution is 7.13. The Bertz CT molecular complexity index is 698. The molecule has 0 spiro atoms. The molecule has 0 bridgehead atoms. The molecule has 0 saturated carbocycles. The molecule has 1 amide bonds. The zero-order chi connectivity index (χ0) is 15.7. The smallest absolute Gasteiger partial charge is 0.308 e. The van der Waals surface area contributed by atoms with E-state index in [0.717, 1.165) is 10.6 Å². The van der Waals surface area contributed by atoms with E-state index in [1.54, 1.807) is 11.1 Å². The van der Waals surface area contributed by atoms with Gasteiger partial charge in [0.25, 0.3) is 5.91 Å². The summed E-state index contributed by atoms with van der Waals surface area (Å²) in [5.41, 5.74) is 0.964. The van der Waals surface area contributed by atoms with Gasteiger partial charge < -0.3 is 10.0 Å². The number of amides is 1. The van der Waals surface area contributed by atoms with Crippen molar-refractivity contribution in [2.45, 2.75) is 12.8 Å². The number of hydrogen-bond acceptors (Lipinski definition) is 4. The van der Waals surface area contributed by atoms with Crippen LogP contribution in [0.2, 0.25) is 0 Å². The minimum absolute atomic E-state index is 0.129. The van der Waals surface area contributed by atoms with Crippen molar-refractivity contribution in [3.8, 4) is 0 Å². The van der Waals surface area contributed by atoms with Gasteiger partial charge in [-0.15, -0.1) is 11.3 Å². The van der Waals surface area contributed by atoms with Gasteiger partial charge in [-0.2, -0.15) is 0 Å². The lowest BCUT2D eigenvalue weighted by Gasteiger charge is -2.15. The van der Waals surface area contributed by atoms with Gasteiger partial charge in [0.15, 0.2) is 0 Å². The molecule has 1 aromatic carbocycles. The van der Waals surface area contributed by atoms with Crippen LogP contribution in [0.3, 0.4) is 0 Å². The summed E-state index contributed by atoms with van der Waals surface area (Å²) in [4.78, 5) is 30.3. The maximum Gasteiger partial charge on any atom is 0.308 e. The van der Waals surface area contributed by atoms with Gasteiger partial charge in [0.2, 0.25) is 0 Å². The summed E-state index contributed by atoms with van der Waals surface area (Å²) in [6.45, 7) is 2.51. The van der Waals surface area contributed by atoms with Crippen LogP contribution in [0.5, 0.6) is 0 Å². The second-order valence-electron chi connectivity index (χ2n) is 5.42. The van der Waals surface area contributed by atoms with Gasteiger partial charge in [0.05, 0.1) is 17.1 Å². The molecule has 5 nitrogen and oxygen atoms in total. The first kappa shape index (κ1) is 14.7. The summed E-state index contributed by atoms with van der Waals surface area (Å²) in [7, 11) is 0. The molecule has 1 fully saturated rings. The first-order valence-electron chi connectivity index (χ1n) is 7.05. The monoisotopic (exact) mass is 316 g/mol. The number of aromatic nitrogens is 1. The number of carbonyl (C=O) groups is 2. The molecule has 22 heavy (non-hydrogen) atoms. The third-order valence-electron chi connectivity index (χ3n) is 3.98. The first-order chi connectivity index (χ1) is 10.6. The third-order valence-corrected chi connectivity index (χ3v) is 4.88. The number of carbonyl (C=O) groups excluding carboxylic acids is 1. The zero-order valence-electron chi connectivity index (χ0n) is 12.1. The van der Waals surface area contributed by atoms with E-state index >= 15 is 0 Å². The molecule has 1 saturated heterocycles. The highest BCUT2D eigenvalue weighted by Crippen LogP contribution is 2.34. The van der Waals surface area contributed by atoms with Crippen LogP contribution in [0.1, 0.15) is 26.2 Å². The van der Waals surface area contributed by atoms with Gasteiger partial charge in [0, 0.05) is 19.0 Å². The third kappa shape index (κ3) is 2.74. The van der Waals surface area contributed by atoms with Crippen LogP contribution in [-0.2, 0) is 4.79 Å². The summed E-state index contributed by atoms with van der Waals surface area (Å²) in [5, 5.41) is 10.3. The van der Waals surface area contributed by atoms with Crippen LogP contribution in [-0.4, -0.2) is 40.0 Å². The van der Waals surface area contributed by atoms with E-state index in [4.69, 9.17) is 0 Å². The molecule has 1 aliphatic heterocycles. The maximum absolute atomic E-state index is 12.5. The molecule has 6 heteroatoms. The highest BCUT2D eigenvalue weighted by atomic mass is 32.1. The Morgan fingerprint density at radius 3 is 2.59 bits per heavy atom. The second kappa shape index (κ2) is 5.88. The van der Waals surface area contributed by atoms with Gasteiger partial charge in [-0.05, 0) is 12.5 Å². The second-order valence-corrected chi connectivity index (χ2v) is 6.65. The average molecular weight is 316 g/mol. The lowest BCUT2D eigenvalue weighted by atomic mass is 9.89. The molecule has 114 valence electrons. The van der Waals surface area contributed by atoms with Crippen molar-refractivity contribution in [1.82, 2.24) is 9.88 Å². The van der Waals surface area contributed by atoms with Crippen molar-refractivity contribution in [2.75, 3.05) is 13.1 Å². The average Bonchev–Trinajstić information content (AvgIpc) is 3.14. The largest absolute Gasteiger partial charge is 0.481 e. The van der Waals surface area contributed by atoms with Crippen molar-refractivity contribution in [3.63, 3.8) is 0 Å². The summed E-state index contributed by atoms with van der Waals surface area (Å²) < 4.78 is 0. The van der Waals surface area contributed by atoms with Crippen molar-refractivity contribution in [2.24, 2.45) is 5.92 Å². The van der Waals surface area contributed by atoms with Crippen molar-refractivity contribution >= 4 is 23.2 Å². The van der Waals surface area contributed by atoms with Crippen LogP contribution in [0.25, 0.3) is 0 Å². The van der Waals surface area contributed by atoms with E-state index in [9.17, 15) is 14.7 Å². The van der Waals surface area contributed by atoms with E-state index < -0.39 is 11.9 Å². The Hall–Kier alpha value is -2.21. The van der Waals surface area contributed by atoms with Gasteiger partial charge in [-0.3, -0.25) is 9.59 Å². The SMILES string of the molecule is Cc1ncc(C(=O)N2CC(C(=O)O)C(c3ccccc3)C2)s1. The maximum atomic E-state index is 12.5. The van der Waals surface area contributed by atoms with E-state index in [-0.39, 0.29) is 18.4 Å². The van der Waals surface area contributed by atoms with Crippen LogP contribution in [0.4, 0.5) is 0 Å². The van der Waals surface area contributed by atoms with Gasteiger partial charge in [-0.25, -0.2) is 4.98 Å². The van der Waals surface area contributed by atoms with E-state index in [1.165, 1.54) is 11.3 Å². The summed E-state index contributed by atoms with van der Waals surface area (Å²) in [5.74, 6) is -1.73. The number of benzene rings is 1. The van der Waals surface area contributed by atoms with Gasteiger partial charge >= 0.3 is 5.97 Å². The lowest BCUT2D eigenvalue weighted by Crippen LogP contribution is -2.29. The zero-order valence-corrected chi connectivity index (χ0v) is 12.9. The number of hydrogen-bond donors (Lipinski definition) is 1. The van der Waals surface area contributed by atoms with Crippen LogP contribution in [0.15, 0.2) is 36.5 Å². The summed E-state index contributed by atoms with van der Waals surface area (Å²) >= 11 is 1.34. The number of aryl methyl sites for hydroxylation is 1. The van der Waals surface area contributed by atoms with Gasteiger partial charge in [-0.1, -0.05) is 30.3 Å². The molecular weight excluding hydrogens is 300 g/mol. The highest BCUT2D eigenvalue weighted by Gasteiger charge is 2.40. The minimum Gasteiger partial charge on any atom is -0.481 e. The van der Waals surface area contributed by atoms with Crippen molar-refractivity contribution < 1.29 is 14.7 Å². The van der Waals surface area contributed by atoms with Gasteiger partial charge in [0.1, 0.15) is 4.88 Å². The molecule has 2 unspecified atom stereocenters. The number of carboxylic acid groups (broad SMARTS) is 1. The fourth-order valence-corrected chi connectivity index (χ4v) is 3.62. The number of rotatable bonds is 3. The predicted molar refractivity (Wildman–Crippen MR) is 83.1 cm³/mol. The van der Waals surface area contributed by atoms with E-state index in [1.807, 2.05) is 37.3 Å². The molecule has 1 aromatic heterocycles. The van der Waals surface area contributed by atoms with Crippen molar-refractivity contribution in [1.29, 1.82) is 0 Å². The Kier molecular flexibility index (Phi) is 3.94. The Labute approximate surface area is 132 Å². The molecule has 1 N–H and O–H groups in total. The van der Waals surface area contributed by atoms with Crippen LogP contribution in [0, 0.1) is 12.8 Å². The van der Waals surface area contributed by atoms with Crippen LogP contribution < -0.4 is 0 Å². The van der Waals surface area contributed by atoms with Crippen molar-refractivity contribution in [3.05, 3.63) is 52.0 Å². The minimum atomic E-state index is -0.857. The summed E-state index contributed by atoms with van der Waals surface area (Å²) in [6, 6.07) is 9.53. The number of carboxylic acids is 1. The molecule has 2 aromatic rings. The number of aliphatic carboxylic acids is 1. The van der Waals surface area contributed by atoms with E-state index in [0.29, 0.717) is 11.4 Å². The molecule has 2 heterocycles. The molecule has 1 aliphatic rings. The molecule has 3 rings (SSSR count). The normalized spacial score (nSPS) is 21.0. The number of likely N-dealkylation sites (tertiary alicyclic amines) is 1. The lowest BCUT2D eigenvalue weighted by molar-refractivity contribution is -0.141. The number of thiazole rings is 1. The quantitative estimate of drug-likeness (QED) is 0.944. The summed E-state index contributed by atoms with van der Waals surface area (Å²) in [6.07, 6.45) is 1.56. The molecule has 0 aliphatic carbocycles. The topological polar surface area (TPSA) is 70.5 Å². The van der Waals surface area contributed by atoms with E-state index in [2.05, 4.69) is 4.98 Å². The molecule has 0 radical (unpaired) electrons.